The Balaban J connectivity index is 1.27. The van der Waals surface area contributed by atoms with Gasteiger partial charge in [0.1, 0.15) is 0 Å². The maximum absolute atomic E-state index is 11.9. The summed E-state index contributed by atoms with van der Waals surface area (Å²) in [4.78, 5) is 14.4. The van der Waals surface area contributed by atoms with Gasteiger partial charge in [0.15, 0.2) is 0 Å². The molecular weight excluding hydrogens is 336 g/mol. The van der Waals surface area contributed by atoms with Crippen LogP contribution < -0.4 is 5.32 Å². The summed E-state index contributed by atoms with van der Waals surface area (Å²) < 4.78 is 1.92. The molecule has 2 aliphatic rings. The molecule has 0 atom stereocenters. The number of carbonyl (C=O) groups excluding carboxylic acids is 1. The molecule has 0 spiro atoms. The largest absolute Gasteiger partial charge is 0.353 e. The fourth-order valence-electron chi connectivity index (χ4n) is 4.03. The van der Waals surface area contributed by atoms with Crippen molar-refractivity contribution in [3.8, 4) is 11.3 Å². The van der Waals surface area contributed by atoms with E-state index in [-0.39, 0.29) is 5.91 Å². The average Bonchev–Trinajstić information content (AvgIpc) is 3.42. The van der Waals surface area contributed by atoms with Gasteiger partial charge in [0, 0.05) is 43.4 Å². The number of nitrogens with zero attached hydrogens (tertiary/aromatic N) is 3. The topological polar surface area (TPSA) is 50.2 Å². The molecule has 144 valence electrons. The number of hydrogen-bond acceptors (Lipinski definition) is 3. The highest BCUT2D eigenvalue weighted by Gasteiger charge is 2.25. The second-order valence-electron chi connectivity index (χ2n) is 8.14. The molecule has 2 aromatic rings. The lowest BCUT2D eigenvalue weighted by Crippen LogP contribution is -2.34. The van der Waals surface area contributed by atoms with Crippen molar-refractivity contribution in [2.45, 2.75) is 51.1 Å². The molecular formula is C22H30N4O. The zero-order valence-corrected chi connectivity index (χ0v) is 16.2. The minimum Gasteiger partial charge on any atom is -0.353 e. The van der Waals surface area contributed by atoms with E-state index in [0.29, 0.717) is 18.4 Å². The standard InChI is InChI=1S/C22H30N4O/c1-25-15-19(22(24-25)18-5-3-2-4-6-18)16-26-13-11-17(12-14-26)7-10-21(27)23-20-8-9-20/h2-6,15,17,20H,7-14,16H2,1H3,(H,23,27). The molecule has 0 radical (unpaired) electrons. The van der Waals surface area contributed by atoms with E-state index < -0.39 is 0 Å². The van der Waals surface area contributed by atoms with Gasteiger partial charge in [-0.15, -0.1) is 0 Å². The molecule has 1 saturated heterocycles. The summed E-state index contributed by atoms with van der Waals surface area (Å²) in [6.07, 6.45) is 8.61. The molecule has 2 heterocycles. The summed E-state index contributed by atoms with van der Waals surface area (Å²) in [5.74, 6) is 0.941. The lowest BCUT2D eigenvalue weighted by molar-refractivity contribution is -0.121. The highest BCUT2D eigenvalue weighted by molar-refractivity contribution is 5.76. The molecule has 0 bridgehead atoms. The van der Waals surface area contributed by atoms with Crippen LogP contribution in [-0.4, -0.2) is 39.7 Å². The Hall–Kier alpha value is -2.14. The van der Waals surface area contributed by atoms with Crippen LogP contribution in [0.15, 0.2) is 36.5 Å². The Morgan fingerprint density at radius 3 is 2.59 bits per heavy atom. The van der Waals surface area contributed by atoms with Gasteiger partial charge in [0.05, 0.1) is 5.69 Å². The van der Waals surface area contributed by atoms with Crippen LogP contribution >= 0.6 is 0 Å². The first-order valence-corrected chi connectivity index (χ1v) is 10.3. The van der Waals surface area contributed by atoms with Gasteiger partial charge < -0.3 is 5.32 Å². The zero-order chi connectivity index (χ0) is 18.6. The third-order valence-electron chi connectivity index (χ3n) is 5.78. The number of piperidine rings is 1. The number of aryl methyl sites for hydroxylation is 1. The lowest BCUT2D eigenvalue weighted by Gasteiger charge is -2.31. The monoisotopic (exact) mass is 366 g/mol. The van der Waals surface area contributed by atoms with E-state index in [1.807, 2.05) is 17.8 Å². The van der Waals surface area contributed by atoms with Crippen molar-refractivity contribution < 1.29 is 4.79 Å². The number of nitrogens with one attached hydrogen (secondary N) is 1. The Morgan fingerprint density at radius 2 is 1.89 bits per heavy atom. The molecule has 1 aliphatic carbocycles. The predicted molar refractivity (Wildman–Crippen MR) is 107 cm³/mol. The first-order chi connectivity index (χ1) is 13.2. The van der Waals surface area contributed by atoms with Crippen LogP contribution in [0.3, 0.4) is 0 Å². The molecule has 1 aliphatic heterocycles. The van der Waals surface area contributed by atoms with Crippen molar-refractivity contribution in [2.24, 2.45) is 13.0 Å². The summed E-state index contributed by atoms with van der Waals surface area (Å²) in [5, 5.41) is 7.78. The van der Waals surface area contributed by atoms with Crippen LogP contribution in [0.1, 0.15) is 44.1 Å². The molecule has 1 aromatic carbocycles. The van der Waals surface area contributed by atoms with Crippen molar-refractivity contribution in [3.63, 3.8) is 0 Å². The van der Waals surface area contributed by atoms with Gasteiger partial charge in [-0.3, -0.25) is 14.4 Å². The molecule has 2 fully saturated rings. The average molecular weight is 367 g/mol. The molecule has 0 unspecified atom stereocenters. The molecule has 1 N–H and O–H groups in total. The highest BCUT2D eigenvalue weighted by atomic mass is 16.1. The van der Waals surface area contributed by atoms with E-state index in [1.165, 1.54) is 36.8 Å². The van der Waals surface area contributed by atoms with Gasteiger partial charge in [-0.2, -0.15) is 5.10 Å². The maximum Gasteiger partial charge on any atom is 0.220 e. The summed E-state index contributed by atoms with van der Waals surface area (Å²) in [6.45, 7) is 3.17. The Bertz CT molecular complexity index is 758. The van der Waals surface area contributed by atoms with Crippen molar-refractivity contribution in [1.82, 2.24) is 20.0 Å². The number of benzene rings is 1. The quantitative estimate of drug-likeness (QED) is 0.817. The van der Waals surface area contributed by atoms with E-state index in [1.54, 1.807) is 0 Å². The second kappa shape index (κ2) is 8.26. The molecule has 1 saturated carbocycles. The number of hydrogen-bond donors (Lipinski definition) is 1. The fraction of sp³-hybridized carbons (Fsp3) is 0.545. The molecule has 27 heavy (non-hydrogen) atoms. The smallest absolute Gasteiger partial charge is 0.220 e. The summed E-state index contributed by atoms with van der Waals surface area (Å²) >= 11 is 0. The van der Waals surface area contributed by atoms with Crippen LogP contribution in [-0.2, 0) is 18.4 Å². The molecule has 1 amide bonds. The minimum atomic E-state index is 0.253. The van der Waals surface area contributed by atoms with E-state index >= 15 is 0 Å². The molecule has 1 aromatic heterocycles. The molecule has 5 heteroatoms. The second-order valence-corrected chi connectivity index (χ2v) is 8.14. The normalized spacial score (nSPS) is 18.6. The van der Waals surface area contributed by atoms with Crippen LogP contribution in [0.2, 0.25) is 0 Å². The summed E-state index contributed by atoms with van der Waals surface area (Å²) in [5.41, 5.74) is 3.58. The van der Waals surface area contributed by atoms with E-state index in [2.05, 4.69) is 45.8 Å². The van der Waals surface area contributed by atoms with Gasteiger partial charge in [0.25, 0.3) is 0 Å². The van der Waals surface area contributed by atoms with Crippen LogP contribution in [0.5, 0.6) is 0 Å². The minimum absolute atomic E-state index is 0.253. The van der Waals surface area contributed by atoms with Crippen molar-refractivity contribution in [2.75, 3.05) is 13.1 Å². The number of likely N-dealkylation sites (tertiary alicyclic amines) is 1. The Morgan fingerprint density at radius 1 is 1.15 bits per heavy atom. The summed E-state index contributed by atoms with van der Waals surface area (Å²) in [6, 6.07) is 10.9. The van der Waals surface area contributed by atoms with Crippen LogP contribution in [0.4, 0.5) is 0 Å². The van der Waals surface area contributed by atoms with Gasteiger partial charge in [-0.05, 0) is 51.1 Å². The molecule has 5 nitrogen and oxygen atoms in total. The van der Waals surface area contributed by atoms with E-state index in [0.717, 1.165) is 31.7 Å². The van der Waals surface area contributed by atoms with Gasteiger partial charge in [-0.25, -0.2) is 0 Å². The molecule has 4 rings (SSSR count). The zero-order valence-electron chi connectivity index (χ0n) is 16.2. The third kappa shape index (κ3) is 4.98. The van der Waals surface area contributed by atoms with E-state index in [4.69, 9.17) is 0 Å². The fourth-order valence-corrected chi connectivity index (χ4v) is 4.03. The first kappa shape index (κ1) is 18.2. The Kier molecular flexibility index (Phi) is 5.58. The predicted octanol–water partition coefficient (Wildman–Crippen LogP) is 3.36. The van der Waals surface area contributed by atoms with Crippen molar-refractivity contribution >= 4 is 5.91 Å². The van der Waals surface area contributed by atoms with Crippen molar-refractivity contribution in [3.05, 3.63) is 42.1 Å². The van der Waals surface area contributed by atoms with Gasteiger partial charge >= 0.3 is 0 Å². The first-order valence-electron chi connectivity index (χ1n) is 10.3. The maximum atomic E-state index is 11.9. The van der Waals surface area contributed by atoms with Gasteiger partial charge in [-0.1, -0.05) is 30.3 Å². The highest BCUT2D eigenvalue weighted by Crippen LogP contribution is 2.27. The summed E-state index contributed by atoms with van der Waals surface area (Å²) in [7, 11) is 1.99. The number of aromatic nitrogens is 2. The Labute approximate surface area is 161 Å². The van der Waals surface area contributed by atoms with Crippen LogP contribution in [0, 0.1) is 5.92 Å². The number of amides is 1. The number of carbonyl (C=O) groups is 1. The lowest BCUT2D eigenvalue weighted by atomic mass is 9.91. The number of rotatable bonds is 7. The van der Waals surface area contributed by atoms with Crippen LogP contribution in [0.25, 0.3) is 11.3 Å². The van der Waals surface area contributed by atoms with E-state index in [9.17, 15) is 4.79 Å². The SMILES string of the molecule is Cn1cc(CN2CCC(CCC(=O)NC3CC3)CC2)c(-c2ccccc2)n1. The van der Waals surface area contributed by atoms with Gasteiger partial charge in [0.2, 0.25) is 5.91 Å². The third-order valence-corrected chi connectivity index (χ3v) is 5.78. The van der Waals surface area contributed by atoms with Crippen molar-refractivity contribution in [1.29, 1.82) is 0 Å².